The van der Waals surface area contributed by atoms with Gasteiger partial charge in [0.15, 0.2) is 0 Å². The summed E-state index contributed by atoms with van der Waals surface area (Å²) in [6.45, 7) is 5.39. The number of likely N-dealkylation sites (N-methyl/N-ethyl adjacent to an activating group) is 1. The molecule has 0 aliphatic heterocycles. The molecule has 15 heavy (non-hydrogen) atoms. The fourth-order valence-electron chi connectivity index (χ4n) is 1.23. The Kier molecular flexibility index (Phi) is 5.28. The molecule has 0 spiro atoms. The van der Waals surface area contributed by atoms with E-state index in [1.165, 1.54) is 18.9 Å². The van der Waals surface area contributed by atoms with Crippen molar-refractivity contribution in [2.75, 3.05) is 7.05 Å². The van der Waals surface area contributed by atoms with Crippen LogP contribution in [0.4, 0.5) is 0 Å². The third-order valence-electron chi connectivity index (χ3n) is 2.33. The summed E-state index contributed by atoms with van der Waals surface area (Å²) in [5.74, 6) is -1.03. The molecule has 0 radical (unpaired) electrons. The van der Waals surface area contributed by atoms with Gasteiger partial charge in [0.2, 0.25) is 5.91 Å². The van der Waals surface area contributed by atoms with Crippen LogP contribution in [0, 0.1) is 5.92 Å². The van der Waals surface area contributed by atoms with Crippen molar-refractivity contribution < 1.29 is 14.7 Å². The molecule has 0 aliphatic rings. The summed E-state index contributed by atoms with van der Waals surface area (Å²) in [6.07, 6.45) is 0.565. The number of hydrogen-bond donors (Lipinski definition) is 2. The van der Waals surface area contributed by atoms with E-state index in [9.17, 15) is 9.59 Å². The van der Waals surface area contributed by atoms with E-state index in [1.807, 2.05) is 13.8 Å². The Hall–Kier alpha value is -1.10. The predicted octanol–water partition coefficient (Wildman–Crippen LogP) is 0.291. The van der Waals surface area contributed by atoms with Gasteiger partial charge in [0.05, 0.1) is 6.04 Å². The highest BCUT2D eigenvalue weighted by molar-refractivity contribution is 5.86. The molecule has 3 N–H and O–H groups in total. The van der Waals surface area contributed by atoms with Gasteiger partial charge in [0, 0.05) is 7.05 Å². The van der Waals surface area contributed by atoms with E-state index in [4.69, 9.17) is 10.8 Å². The van der Waals surface area contributed by atoms with Crippen molar-refractivity contribution in [3.8, 4) is 0 Å². The number of rotatable bonds is 5. The van der Waals surface area contributed by atoms with Crippen molar-refractivity contribution >= 4 is 11.9 Å². The number of nitrogens with zero attached hydrogens (tertiary/aromatic N) is 1. The van der Waals surface area contributed by atoms with Gasteiger partial charge >= 0.3 is 5.97 Å². The first-order valence-corrected chi connectivity index (χ1v) is 5.02. The van der Waals surface area contributed by atoms with Gasteiger partial charge < -0.3 is 15.7 Å². The van der Waals surface area contributed by atoms with Crippen LogP contribution in [0.1, 0.15) is 27.2 Å². The number of aliphatic carboxylic acids is 1. The molecule has 2 atom stereocenters. The maximum absolute atomic E-state index is 11.7. The number of carboxylic acid groups (broad SMARTS) is 1. The van der Waals surface area contributed by atoms with Gasteiger partial charge in [-0.1, -0.05) is 13.8 Å². The molecule has 0 aromatic rings. The highest BCUT2D eigenvalue weighted by Gasteiger charge is 2.26. The number of nitrogens with two attached hydrogens (primary N) is 1. The summed E-state index contributed by atoms with van der Waals surface area (Å²) in [5, 5.41) is 8.73. The number of hydrogen-bond acceptors (Lipinski definition) is 3. The molecule has 88 valence electrons. The molecule has 1 amide bonds. The van der Waals surface area contributed by atoms with E-state index < -0.39 is 18.1 Å². The monoisotopic (exact) mass is 216 g/mol. The van der Waals surface area contributed by atoms with Gasteiger partial charge in [-0.2, -0.15) is 0 Å². The van der Waals surface area contributed by atoms with E-state index in [0.717, 1.165) is 0 Å². The smallest absolute Gasteiger partial charge is 0.326 e. The lowest BCUT2D eigenvalue weighted by molar-refractivity contribution is -0.148. The number of carbonyl (C=O) groups is 2. The minimum absolute atomic E-state index is 0.317. The van der Waals surface area contributed by atoms with Crippen LogP contribution in [0.2, 0.25) is 0 Å². The number of carboxylic acids is 1. The fraction of sp³-hybridized carbons (Fsp3) is 0.800. The molecular formula is C10H20N2O3. The normalized spacial score (nSPS) is 14.8. The maximum Gasteiger partial charge on any atom is 0.326 e. The third-order valence-corrected chi connectivity index (χ3v) is 2.33. The van der Waals surface area contributed by atoms with Crippen LogP contribution in [-0.2, 0) is 9.59 Å². The third kappa shape index (κ3) is 4.29. The molecule has 0 aromatic carbocycles. The number of amides is 1. The van der Waals surface area contributed by atoms with Crippen LogP contribution in [0.25, 0.3) is 0 Å². The van der Waals surface area contributed by atoms with Gasteiger partial charge in [-0.05, 0) is 19.3 Å². The molecule has 0 saturated heterocycles. The zero-order valence-corrected chi connectivity index (χ0v) is 9.73. The quantitative estimate of drug-likeness (QED) is 0.692. The minimum atomic E-state index is -1.03. The highest BCUT2D eigenvalue weighted by Crippen LogP contribution is 2.07. The minimum Gasteiger partial charge on any atom is -0.480 e. The topological polar surface area (TPSA) is 83.6 Å². The van der Waals surface area contributed by atoms with Crippen molar-refractivity contribution in [2.45, 2.75) is 39.3 Å². The summed E-state index contributed by atoms with van der Waals surface area (Å²) < 4.78 is 0. The molecule has 5 nitrogen and oxygen atoms in total. The molecule has 0 aromatic heterocycles. The van der Waals surface area contributed by atoms with Gasteiger partial charge in [-0.3, -0.25) is 4.79 Å². The summed E-state index contributed by atoms with van der Waals surface area (Å²) in [4.78, 5) is 23.5. The van der Waals surface area contributed by atoms with Crippen molar-refractivity contribution in [1.29, 1.82) is 0 Å². The van der Waals surface area contributed by atoms with Crippen LogP contribution in [-0.4, -0.2) is 41.0 Å². The zero-order chi connectivity index (χ0) is 12.2. The second-order valence-corrected chi connectivity index (χ2v) is 4.20. The Balaban J connectivity index is 4.37. The van der Waals surface area contributed by atoms with Crippen LogP contribution >= 0.6 is 0 Å². The Morgan fingerprint density at radius 2 is 1.80 bits per heavy atom. The lowest BCUT2D eigenvalue weighted by Crippen LogP contribution is -2.48. The first-order chi connectivity index (χ1) is 6.77. The van der Waals surface area contributed by atoms with Gasteiger partial charge in [-0.25, -0.2) is 4.79 Å². The van der Waals surface area contributed by atoms with Crippen LogP contribution < -0.4 is 5.73 Å². The molecule has 0 rings (SSSR count). The lowest BCUT2D eigenvalue weighted by Gasteiger charge is -2.25. The largest absolute Gasteiger partial charge is 0.480 e. The van der Waals surface area contributed by atoms with E-state index >= 15 is 0 Å². The Labute approximate surface area is 90.2 Å². The van der Waals surface area contributed by atoms with Crippen LogP contribution in [0.3, 0.4) is 0 Å². The van der Waals surface area contributed by atoms with Crippen LogP contribution in [0.15, 0.2) is 0 Å². The zero-order valence-electron chi connectivity index (χ0n) is 9.73. The highest BCUT2D eigenvalue weighted by atomic mass is 16.4. The Morgan fingerprint density at radius 1 is 1.33 bits per heavy atom. The lowest BCUT2D eigenvalue weighted by atomic mass is 10.0. The van der Waals surface area contributed by atoms with Gasteiger partial charge in [0.25, 0.3) is 0 Å². The number of carbonyl (C=O) groups excluding carboxylic acids is 1. The molecule has 0 heterocycles. The fourth-order valence-corrected chi connectivity index (χ4v) is 1.23. The molecule has 1 unspecified atom stereocenters. The standard InChI is InChI=1S/C10H20N2O3/c1-6(2)5-8(11)9(13)12(4)7(3)10(14)15/h6-8H,5,11H2,1-4H3,(H,14,15)/t7?,8-/m0/s1. The maximum atomic E-state index is 11.7. The second-order valence-electron chi connectivity index (χ2n) is 4.20. The summed E-state index contributed by atoms with van der Waals surface area (Å²) in [7, 11) is 1.46. The molecule has 0 bridgehead atoms. The summed E-state index contributed by atoms with van der Waals surface area (Å²) >= 11 is 0. The van der Waals surface area contributed by atoms with Crippen LogP contribution in [0.5, 0.6) is 0 Å². The first-order valence-electron chi connectivity index (χ1n) is 5.02. The summed E-state index contributed by atoms with van der Waals surface area (Å²) in [6, 6.07) is -1.45. The molecular weight excluding hydrogens is 196 g/mol. The van der Waals surface area contributed by atoms with E-state index in [0.29, 0.717) is 12.3 Å². The van der Waals surface area contributed by atoms with Crippen molar-refractivity contribution in [3.63, 3.8) is 0 Å². The van der Waals surface area contributed by atoms with E-state index in [1.54, 1.807) is 0 Å². The van der Waals surface area contributed by atoms with Crippen molar-refractivity contribution in [1.82, 2.24) is 4.90 Å². The summed E-state index contributed by atoms with van der Waals surface area (Å²) in [5.41, 5.74) is 5.67. The molecule has 0 saturated carbocycles. The second kappa shape index (κ2) is 5.70. The van der Waals surface area contributed by atoms with E-state index in [-0.39, 0.29) is 5.91 Å². The van der Waals surface area contributed by atoms with Gasteiger partial charge in [0.1, 0.15) is 6.04 Å². The average Bonchev–Trinajstić information content (AvgIpc) is 2.13. The van der Waals surface area contributed by atoms with Crippen molar-refractivity contribution in [2.24, 2.45) is 11.7 Å². The van der Waals surface area contributed by atoms with Crippen molar-refractivity contribution in [3.05, 3.63) is 0 Å². The molecule has 5 heteroatoms. The molecule has 0 fully saturated rings. The van der Waals surface area contributed by atoms with Gasteiger partial charge in [-0.15, -0.1) is 0 Å². The average molecular weight is 216 g/mol. The van der Waals surface area contributed by atoms with E-state index in [2.05, 4.69) is 0 Å². The Morgan fingerprint density at radius 3 is 2.13 bits per heavy atom. The molecule has 0 aliphatic carbocycles. The Bertz CT molecular complexity index is 241. The first kappa shape index (κ1) is 13.9. The SMILES string of the molecule is CC(C)C[C@H](N)C(=O)N(C)C(C)C(=O)O. The predicted molar refractivity (Wildman–Crippen MR) is 57.3 cm³/mol.